The van der Waals surface area contributed by atoms with Crippen molar-refractivity contribution in [3.63, 3.8) is 0 Å². The van der Waals surface area contributed by atoms with Crippen LogP contribution in [0.1, 0.15) is 20.7 Å². The Morgan fingerprint density at radius 2 is 1.86 bits per heavy atom. The normalized spacial score (nSPS) is 10.9. The third kappa shape index (κ3) is 1.80. The van der Waals surface area contributed by atoms with Crippen LogP contribution in [0.5, 0.6) is 5.75 Å². The summed E-state index contributed by atoms with van der Waals surface area (Å²) in [5.41, 5.74) is 12.8. The third-order valence-electron chi connectivity index (χ3n) is 3.45. The summed E-state index contributed by atoms with van der Waals surface area (Å²) in [4.78, 5) is 23.3. The van der Waals surface area contributed by atoms with E-state index in [0.29, 0.717) is 22.2 Å². The maximum absolute atomic E-state index is 11.8. The standard InChI is InChI=1S/C15H13N3O3/c1-21-11-6-8(14(16)19)7-18-10-5-3-2-4-9(10)12(13(11)18)15(17)20/h2-7H,1H3,(H2,16,19)(H2,17,20). The van der Waals surface area contributed by atoms with Gasteiger partial charge < -0.3 is 20.6 Å². The molecule has 0 saturated carbocycles. The van der Waals surface area contributed by atoms with E-state index in [1.165, 1.54) is 13.2 Å². The molecule has 2 heterocycles. The molecular formula is C15H13N3O3. The molecular weight excluding hydrogens is 270 g/mol. The number of methoxy groups -OCH3 is 1. The molecule has 0 atom stereocenters. The highest BCUT2D eigenvalue weighted by Crippen LogP contribution is 2.33. The Morgan fingerprint density at radius 1 is 1.14 bits per heavy atom. The molecule has 0 aliphatic rings. The van der Waals surface area contributed by atoms with Crippen LogP contribution in [0.25, 0.3) is 16.4 Å². The number of pyridine rings is 1. The first-order valence-corrected chi connectivity index (χ1v) is 6.25. The second-order valence-electron chi connectivity index (χ2n) is 4.64. The van der Waals surface area contributed by atoms with Crippen molar-refractivity contribution >= 4 is 28.2 Å². The highest BCUT2D eigenvalue weighted by atomic mass is 16.5. The van der Waals surface area contributed by atoms with Crippen LogP contribution in [0.2, 0.25) is 0 Å². The van der Waals surface area contributed by atoms with Gasteiger partial charge in [-0.1, -0.05) is 18.2 Å². The zero-order valence-electron chi connectivity index (χ0n) is 11.3. The van der Waals surface area contributed by atoms with E-state index < -0.39 is 11.8 Å². The minimum absolute atomic E-state index is 0.288. The molecule has 0 fully saturated rings. The summed E-state index contributed by atoms with van der Waals surface area (Å²) in [6, 6.07) is 8.78. The number of hydrogen-bond donors (Lipinski definition) is 2. The van der Waals surface area contributed by atoms with Gasteiger partial charge in [-0.15, -0.1) is 0 Å². The van der Waals surface area contributed by atoms with Gasteiger partial charge in [0, 0.05) is 11.6 Å². The van der Waals surface area contributed by atoms with Crippen LogP contribution in [-0.2, 0) is 0 Å². The Balaban J connectivity index is 2.59. The van der Waals surface area contributed by atoms with Crippen molar-refractivity contribution in [2.45, 2.75) is 0 Å². The fraction of sp³-hybridized carbons (Fsp3) is 0.0667. The van der Waals surface area contributed by atoms with Crippen LogP contribution in [0.4, 0.5) is 0 Å². The van der Waals surface area contributed by atoms with Gasteiger partial charge in [-0.25, -0.2) is 0 Å². The summed E-state index contributed by atoms with van der Waals surface area (Å²) in [7, 11) is 1.46. The average Bonchev–Trinajstić information content (AvgIpc) is 2.80. The van der Waals surface area contributed by atoms with E-state index in [9.17, 15) is 9.59 Å². The minimum atomic E-state index is -0.575. The molecule has 2 amide bonds. The summed E-state index contributed by atoms with van der Waals surface area (Å²) < 4.78 is 7.01. The summed E-state index contributed by atoms with van der Waals surface area (Å²) in [6.07, 6.45) is 1.58. The largest absolute Gasteiger partial charge is 0.495 e. The van der Waals surface area contributed by atoms with E-state index in [1.54, 1.807) is 16.7 Å². The first-order chi connectivity index (χ1) is 10.0. The molecule has 0 aliphatic heterocycles. The number of amides is 2. The Bertz CT molecular complexity index is 896. The average molecular weight is 283 g/mol. The van der Waals surface area contributed by atoms with Crippen LogP contribution < -0.4 is 16.2 Å². The van der Waals surface area contributed by atoms with E-state index >= 15 is 0 Å². The van der Waals surface area contributed by atoms with Crippen molar-refractivity contribution in [3.05, 3.63) is 47.7 Å². The molecule has 6 heteroatoms. The van der Waals surface area contributed by atoms with Gasteiger partial charge in [0.25, 0.3) is 5.91 Å². The lowest BCUT2D eigenvalue weighted by atomic mass is 10.1. The first-order valence-electron chi connectivity index (χ1n) is 6.25. The molecule has 0 bridgehead atoms. The van der Waals surface area contributed by atoms with Crippen molar-refractivity contribution < 1.29 is 14.3 Å². The number of benzene rings is 1. The number of carbonyl (C=O) groups excluding carboxylic acids is 2. The van der Waals surface area contributed by atoms with Gasteiger partial charge in [-0.3, -0.25) is 9.59 Å². The van der Waals surface area contributed by atoms with E-state index in [0.717, 1.165) is 5.52 Å². The van der Waals surface area contributed by atoms with Crippen molar-refractivity contribution in [1.82, 2.24) is 4.40 Å². The molecule has 0 unspecified atom stereocenters. The zero-order chi connectivity index (χ0) is 15.1. The van der Waals surface area contributed by atoms with Gasteiger partial charge >= 0.3 is 0 Å². The van der Waals surface area contributed by atoms with Crippen LogP contribution >= 0.6 is 0 Å². The number of carbonyl (C=O) groups is 2. The number of primary amides is 2. The maximum Gasteiger partial charge on any atom is 0.251 e. The summed E-state index contributed by atoms with van der Waals surface area (Å²) >= 11 is 0. The molecule has 2 aromatic heterocycles. The fourth-order valence-electron chi connectivity index (χ4n) is 2.57. The predicted octanol–water partition coefficient (Wildman–Crippen LogP) is 1.30. The second kappa shape index (κ2) is 4.52. The number of nitrogens with zero attached hydrogens (tertiary/aromatic N) is 1. The number of rotatable bonds is 3. The van der Waals surface area contributed by atoms with Gasteiger partial charge in [0.2, 0.25) is 5.91 Å². The summed E-state index contributed by atoms with van der Waals surface area (Å²) in [6.45, 7) is 0. The Morgan fingerprint density at radius 3 is 2.48 bits per heavy atom. The van der Waals surface area contributed by atoms with Gasteiger partial charge in [-0.2, -0.15) is 0 Å². The highest BCUT2D eigenvalue weighted by Gasteiger charge is 2.20. The predicted molar refractivity (Wildman–Crippen MR) is 78.5 cm³/mol. The molecule has 0 saturated heterocycles. The molecule has 6 nitrogen and oxygen atoms in total. The second-order valence-corrected chi connectivity index (χ2v) is 4.64. The quantitative estimate of drug-likeness (QED) is 0.757. The molecule has 0 spiro atoms. The van der Waals surface area contributed by atoms with E-state index in [4.69, 9.17) is 16.2 Å². The Labute approximate surface area is 119 Å². The molecule has 1 aromatic carbocycles. The van der Waals surface area contributed by atoms with Crippen molar-refractivity contribution in [3.8, 4) is 5.75 Å². The number of para-hydroxylation sites is 1. The summed E-state index contributed by atoms with van der Waals surface area (Å²) in [5, 5.41) is 0.699. The van der Waals surface area contributed by atoms with Crippen LogP contribution in [-0.4, -0.2) is 23.3 Å². The molecule has 3 aromatic rings. The molecule has 0 radical (unpaired) electrons. The lowest BCUT2D eigenvalue weighted by Gasteiger charge is -2.07. The first kappa shape index (κ1) is 13.0. The van der Waals surface area contributed by atoms with E-state index in [2.05, 4.69) is 0 Å². The van der Waals surface area contributed by atoms with E-state index in [-0.39, 0.29) is 5.56 Å². The van der Waals surface area contributed by atoms with Gasteiger partial charge in [0.1, 0.15) is 11.3 Å². The van der Waals surface area contributed by atoms with Crippen molar-refractivity contribution in [1.29, 1.82) is 0 Å². The summed E-state index contributed by atoms with van der Waals surface area (Å²) in [5.74, 6) is -0.760. The van der Waals surface area contributed by atoms with Crippen molar-refractivity contribution in [2.75, 3.05) is 7.11 Å². The van der Waals surface area contributed by atoms with Gasteiger partial charge in [0.15, 0.2) is 0 Å². The number of aromatic nitrogens is 1. The zero-order valence-corrected chi connectivity index (χ0v) is 11.3. The third-order valence-corrected chi connectivity index (χ3v) is 3.45. The lowest BCUT2D eigenvalue weighted by Crippen LogP contribution is -2.13. The van der Waals surface area contributed by atoms with Crippen LogP contribution in [0.15, 0.2) is 36.5 Å². The molecule has 4 N–H and O–H groups in total. The minimum Gasteiger partial charge on any atom is -0.495 e. The maximum atomic E-state index is 11.8. The number of hydrogen-bond acceptors (Lipinski definition) is 3. The topological polar surface area (TPSA) is 99.8 Å². The van der Waals surface area contributed by atoms with Crippen LogP contribution in [0.3, 0.4) is 0 Å². The number of fused-ring (bicyclic) bond motifs is 3. The SMILES string of the molecule is COc1cc(C(N)=O)cn2c1c(C(N)=O)c1ccccc12. The molecule has 106 valence electrons. The van der Waals surface area contributed by atoms with Gasteiger partial charge in [0.05, 0.1) is 23.8 Å². The van der Waals surface area contributed by atoms with Gasteiger partial charge in [-0.05, 0) is 12.1 Å². The molecule has 3 rings (SSSR count). The Kier molecular flexibility index (Phi) is 2.79. The lowest BCUT2D eigenvalue weighted by molar-refractivity contribution is 0.0993. The number of ether oxygens (including phenoxy) is 1. The number of nitrogens with two attached hydrogens (primary N) is 2. The molecule has 0 aliphatic carbocycles. The Hall–Kier alpha value is -3.02. The smallest absolute Gasteiger partial charge is 0.251 e. The molecule has 21 heavy (non-hydrogen) atoms. The highest BCUT2D eigenvalue weighted by molar-refractivity contribution is 6.14. The van der Waals surface area contributed by atoms with Crippen molar-refractivity contribution in [2.24, 2.45) is 11.5 Å². The van der Waals surface area contributed by atoms with Crippen LogP contribution in [0, 0.1) is 0 Å². The fourth-order valence-corrected chi connectivity index (χ4v) is 2.57. The van der Waals surface area contributed by atoms with E-state index in [1.807, 2.05) is 18.2 Å². The monoisotopic (exact) mass is 283 g/mol.